The molecule has 0 atom stereocenters. The number of esters is 1. The van der Waals surface area contributed by atoms with Gasteiger partial charge >= 0.3 is 5.97 Å². The monoisotopic (exact) mass is 258 g/mol. The summed E-state index contributed by atoms with van der Waals surface area (Å²) in [6.45, 7) is -0.128. The molecule has 0 bridgehead atoms. The van der Waals surface area contributed by atoms with E-state index in [1.807, 2.05) is 0 Å². The average molecular weight is 258 g/mol. The van der Waals surface area contributed by atoms with E-state index in [1.54, 1.807) is 42.6 Å². The van der Waals surface area contributed by atoms with Gasteiger partial charge in [-0.15, -0.1) is 0 Å². The molecule has 0 aliphatic carbocycles. The zero-order valence-electron chi connectivity index (χ0n) is 10.5. The number of methoxy groups -OCH3 is 1. The molecule has 0 aliphatic heterocycles. The average Bonchev–Trinajstić information content (AvgIpc) is 2.47. The number of hydrogen-bond donors (Lipinski definition) is 2. The molecule has 0 radical (unpaired) electrons. The van der Waals surface area contributed by atoms with Crippen LogP contribution in [0, 0.1) is 0 Å². The van der Waals surface area contributed by atoms with Crippen LogP contribution in [0.2, 0.25) is 0 Å². The lowest BCUT2D eigenvalue weighted by Gasteiger charge is -2.12. The van der Waals surface area contributed by atoms with Crippen LogP contribution in [0.25, 0.3) is 0 Å². The smallest absolute Gasteiger partial charge is 0.339 e. The maximum Gasteiger partial charge on any atom is 0.339 e. The molecular weight excluding hydrogens is 244 g/mol. The number of nitrogens with one attached hydrogen (secondary N) is 1. The summed E-state index contributed by atoms with van der Waals surface area (Å²) in [5.74, 6) is 0.0888. The Hall–Kier alpha value is -2.40. The molecule has 2 N–H and O–H groups in total. The van der Waals surface area contributed by atoms with E-state index >= 15 is 0 Å². The molecule has 2 aromatic rings. The standard InChI is InChI=1S/C14H14N2O3/c1-19-14(18)11-6-2-3-7-12(11)16-13-10(9-17)5-4-8-15-13/h2-8,17H,9H2,1H3,(H,15,16). The van der Waals surface area contributed by atoms with Gasteiger partial charge in [-0.3, -0.25) is 0 Å². The number of anilines is 2. The van der Waals surface area contributed by atoms with Gasteiger partial charge in [0.15, 0.2) is 0 Å². The first-order valence-electron chi connectivity index (χ1n) is 5.75. The predicted octanol–water partition coefficient (Wildman–Crippen LogP) is 2.10. The number of aromatic nitrogens is 1. The number of aliphatic hydroxyl groups is 1. The molecule has 2 rings (SSSR count). The van der Waals surface area contributed by atoms with Gasteiger partial charge in [0.05, 0.1) is 25.0 Å². The zero-order valence-corrected chi connectivity index (χ0v) is 10.5. The number of carbonyl (C=O) groups excluding carboxylic acids is 1. The van der Waals surface area contributed by atoms with Crippen molar-refractivity contribution < 1.29 is 14.6 Å². The van der Waals surface area contributed by atoms with Crippen molar-refractivity contribution >= 4 is 17.5 Å². The Labute approximate surface area is 110 Å². The van der Waals surface area contributed by atoms with Crippen LogP contribution in [0.1, 0.15) is 15.9 Å². The molecule has 98 valence electrons. The van der Waals surface area contributed by atoms with Gasteiger partial charge in [-0.25, -0.2) is 9.78 Å². The predicted molar refractivity (Wildman–Crippen MR) is 71.2 cm³/mol. The van der Waals surface area contributed by atoms with Gasteiger partial charge in [-0.1, -0.05) is 18.2 Å². The Balaban J connectivity index is 2.36. The van der Waals surface area contributed by atoms with Gasteiger partial charge in [0.1, 0.15) is 5.82 Å². The minimum Gasteiger partial charge on any atom is -0.465 e. The molecule has 0 saturated heterocycles. The number of para-hydroxylation sites is 1. The lowest BCUT2D eigenvalue weighted by molar-refractivity contribution is 0.0602. The molecule has 5 heteroatoms. The van der Waals surface area contributed by atoms with E-state index < -0.39 is 5.97 Å². The summed E-state index contributed by atoms with van der Waals surface area (Å²) < 4.78 is 4.72. The molecule has 0 unspecified atom stereocenters. The third-order valence-corrected chi connectivity index (χ3v) is 2.65. The van der Waals surface area contributed by atoms with Gasteiger partial charge in [0.2, 0.25) is 0 Å². The van der Waals surface area contributed by atoms with Crippen molar-refractivity contribution in [2.45, 2.75) is 6.61 Å². The molecule has 5 nitrogen and oxygen atoms in total. The van der Waals surface area contributed by atoms with Crippen molar-refractivity contribution in [3.63, 3.8) is 0 Å². The third kappa shape index (κ3) is 2.89. The van der Waals surface area contributed by atoms with Crippen LogP contribution < -0.4 is 5.32 Å². The Morgan fingerprint density at radius 2 is 2.11 bits per heavy atom. The first kappa shape index (κ1) is 13.0. The van der Waals surface area contributed by atoms with E-state index in [2.05, 4.69) is 10.3 Å². The second-order valence-electron chi connectivity index (χ2n) is 3.83. The number of benzene rings is 1. The second-order valence-corrected chi connectivity index (χ2v) is 3.83. The number of hydrogen-bond acceptors (Lipinski definition) is 5. The first-order chi connectivity index (χ1) is 9.26. The fourth-order valence-electron chi connectivity index (χ4n) is 1.69. The summed E-state index contributed by atoms with van der Waals surface area (Å²) in [4.78, 5) is 15.8. The summed E-state index contributed by atoms with van der Waals surface area (Å²) in [5.41, 5.74) is 1.66. The van der Waals surface area contributed by atoms with Crippen LogP contribution in [0.15, 0.2) is 42.6 Å². The largest absolute Gasteiger partial charge is 0.465 e. The number of rotatable bonds is 4. The summed E-state index contributed by atoms with van der Waals surface area (Å²) >= 11 is 0. The molecule has 1 aromatic carbocycles. The van der Waals surface area contributed by atoms with Gasteiger partial charge < -0.3 is 15.2 Å². The van der Waals surface area contributed by atoms with Crippen LogP contribution in [-0.4, -0.2) is 23.2 Å². The Morgan fingerprint density at radius 1 is 1.32 bits per heavy atom. The topological polar surface area (TPSA) is 71.5 Å². The van der Waals surface area contributed by atoms with E-state index in [1.165, 1.54) is 7.11 Å². The van der Waals surface area contributed by atoms with Gasteiger partial charge in [0.25, 0.3) is 0 Å². The third-order valence-electron chi connectivity index (χ3n) is 2.65. The fraction of sp³-hybridized carbons (Fsp3) is 0.143. The van der Waals surface area contributed by atoms with Crippen molar-refractivity contribution in [3.05, 3.63) is 53.7 Å². The van der Waals surface area contributed by atoms with E-state index in [0.29, 0.717) is 22.6 Å². The lowest BCUT2D eigenvalue weighted by atomic mass is 10.1. The van der Waals surface area contributed by atoms with Crippen molar-refractivity contribution in [2.24, 2.45) is 0 Å². The summed E-state index contributed by atoms with van der Waals surface area (Å²) in [7, 11) is 1.33. The highest BCUT2D eigenvalue weighted by atomic mass is 16.5. The van der Waals surface area contributed by atoms with E-state index in [0.717, 1.165) is 0 Å². The Morgan fingerprint density at radius 3 is 2.84 bits per heavy atom. The summed E-state index contributed by atoms with van der Waals surface area (Å²) in [6, 6.07) is 10.5. The molecule has 0 amide bonds. The molecule has 0 spiro atoms. The maximum absolute atomic E-state index is 11.6. The van der Waals surface area contributed by atoms with Crippen molar-refractivity contribution in [3.8, 4) is 0 Å². The summed E-state index contributed by atoms with van der Waals surface area (Å²) in [5, 5.41) is 12.3. The SMILES string of the molecule is COC(=O)c1ccccc1Nc1ncccc1CO. The maximum atomic E-state index is 11.6. The van der Waals surface area contributed by atoms with Crippen LogP contribution in [0.4, 0.5) is 11.5 Å². The second kappa shape index (κ2) is 5.97. The van der Waals surface area contributed by atoms with Crippen molar-refractivity contribution in [1.82, 2.24) is 4.98 Å². The molecule has 0 fully saturated rings. The Kier molecular flexibility index (Phi) is 4.10. The molecule has 1 aromatic heterocycles. The minimum atomic E-state index is -0.426. The molecular formula is C14H14N2O3. The lowest BCUT2D eigenvalue weighted by Crippen LogP contribution is -2.07. The Bertz CT molecular complexity index is 584. The van der Waals surface area contributed by atoms with Gasteiger partial charge in [-0.2, -0.15) is 0 Å². The molecule has 1 heterocycles. The van der Waals surface area contributed by atoms with Crippen LogP contribution >= 0.6 is 0 Å². The molecule has 0 aliphatic rings. The highest BCUT2D eigenvalue weighted by Crippen LogP contribution is 2.22. The number of carbonyl (C=O) groups is 1. The number of ether oxygens (including phenoxy) is 1. The fourth-order valence-corrected chi connectivity index (χ4v) is 1.69. The van der Waals surface area contributed by atoms with Gasteiger partial charge in [-0.05, 0) is 18.2 Å². The number of pyridine rings is 1. The van der Waals surface area contributed by atoms with Crippen molar-refractivity contribution in [1.29, 1.82) is 0 Å². The summed E-state index contributed by atoms with van der Waals surface area (Å²) in [6.07, 6.45) is 1.61. The van der Waals surface area contributed by atoms with Crippen LogP contribution in [0.5, 0.6) is 0 Å². The van der Waals surface area contributed by atoms with Crippen molar-refractivity contribution in [2.75, 3.05) is 12.4 Å². The van der Waals surface area contributed by atoms with E-state index in [-0.39, 0.29) is 6.61 Å². The normalized spacial score (nSPS) is 10.0. The first-order valence-corrected chi connectivity index (χ1v) is 5.75. The van der Waals surface area contributed by atoms with E-state index in [9.17, 15) is 9.90 Å². The van der Waals surface area contributed by atoms with Gasteiger partial charge in [0, 0.05) is 11.8 Å². The minimum absolute atomic E-state index is 0.128. The van der Waals surface area contributed by atoms with E-state index in [4.69, 9.17) is 4.74 Å². The zero-order chi connectivity index (χ0) is 13.7. The quantitative estimate of drug-likeness (QED) is 0.822. The van der Waals surface area contributed by atoms with Crippen LogP contribution in [0.3, 0.4) is 0 Å². The molecule has 0 saturated carbocycles. The number of nitrogens with zero attached hydrogens (tertiary/aromatic N) is 1. The van der Waals surface area contributed by atoms with Crippen LogP contribution in [-0.2, 0) is 11.3 Å². The highest BCUT2D eigenvalue weighted by Gasteiger charge is 2.12. The molecule has 19 heavy (non-hydrogen) atoms. The number of aliphatic hydroxyl groups excluding tert-OH is 1. The highest BCUT2D eigenvalue weighted by molar-refractivity contribution is 5.96.